The highest BCUT2D eigenvalue weighted by Crippen LogP contribution is 2.18. The first-order valence-corrected chi connectivity index (χ1v) is 13.9. The number of para-hydroxylation sites is 1. The molecule has 1 fully saturated rings. The van der Waals surface area contributed by atoms with Crippen LogP contribution in [0.1, 0.15) is 20.8 Å². The second kappa shape index (κ2) is 11.9. The molecule has 2 aromatic carbocycles. The van der Waals surface area contributed by atoms with Gasteiger partial charge in [-0.1, -0.05) is 30.3 Å². The molecule has 0 unspecified atom stereocenters. The fraction of sp³-hybridized carbons (Fsp3) is 0.333. The number of aromatic nitrogens is 1. The lowest BCUT2D eigenvalue weighted by Gasteiger charge is -2.34. The minimum atomic E-state index is -0.195. The highest BCUT2D eigenvalue weighted by atomic mass is 32.1. The number of carbonyl (C=O) groups excluding carboxylic acids is 1. The second-order valence-corrected chi connectivity index (χ2v) is 10.9. The molecule has 5 rings (SSSR count). The molecule has 0 radical (unpaired) electrons. The smallest absolute Gasteiger partial charge is 0.259 e. The van der Waals surface area contributed by atoms with Gasteiger partial charge in [0.05, 0.1) is 5.52 Å². The van der Waals surface area contributed by atoms with E-state index < -0.39 is 0 Å². The van der Waals surface area contributed by atoms with Gasteiger partial charge in [-0.25, -0.2) is 0 Å². The summed E-state index contributed by atoms with van der Waals surface area (Å²) in [6.45, 7) is 5.91. The number of fused-ring (bicyclic) bond motifs is 1. The lowest BCUT2D eigenvalue weighted by atomic mass is 10.1. The van der Waals surface area contributed by atoms with Crippen LogP contribution in [0.15, 0.2) is 77.0 Å². The summed E-state index contributed by atoms with van der Waals surface area (Å²) in [5.41, 5.74) is 2.10. The summed E-state index contributed by atoms with van der Waals surface area (Å²) < 4.78 is 7.92. The summed E-state index contributed by atoms with van der Waals surface area (Å²) in [4.78, 5) is 33.9. The Kier molecular flexibility index (Phi) is 8.22. The lowest BCUT2D eigenvalue weighted by Crippen LogP contribution is -2.50. The molecule has 1 aliphatic rings. The Hall–Kier alpha value is -3.46. The fourth-order valence-electron chi connectivity index (χ4n) is 5.00. The molecule has 0 aliphatic carbocycles. The molecule has 0 spiro atoms. The van der Waals surface area contributed by atoms with Gasteiger partial charge in [0.1, 0.15) is 17.9 Å². The van der Waals surface area contributed by atoms with E-state index in [1.807, 2.05) is 41.9 Å². The van der Waals surface area contributed by atoms with Crippen LogP contribution in [-0.2, 0) is 20.1 Å². The van der Waals surface area contributed by atoms with Crippen LogP contribution in [0.25, 0.3) is 10.9 Å². The maximum absolute atomic E-state index is 13.2. The molecule has 8 heteroatoms. The molecule has 0 atom stereocenters. The molecular weight excluding hydrogens is 496 g/mol. The van der Waals surface area contributed by atoms with E-state index in [1.165, 1.54) is 10.4 Å². The number of piperazine rings is 1. The van der Waals surface area contributed by atoms with Crippen LogP contribution in [0.2, 0.25) is 0 Å². The number of amides is 1. The van der Waals surface area contributed by atoms with Crippen molar-refractivity contribution in [1.82, 2.24) is 19.3 Å². The monoisotopic (exact) mass is 530 g/mol. The number of hydrogen-bond donors (Lipinski definition) is 0. The Morgan fingerprint density at radius 3 is 2.61 bits per heavy atom. The molecule has 0 N–H and O–H groups in total. The maximum Gasteiger partial charge on any atom is 0.259 e. The van der Waals surface area contributed by atoms with Gasteiger partial charge < -0.3 is 14.2 Å². The minimum absolute atomic E-state index is 0.187. The quantitative estimate of drug-likeness (QED) is 0.327. The van der Waals surface area contributed by atoms with E-state index in [9.17, 15) is 9.59 Å². The number of benzene rings is 2. The van der Waals surface area contributed by atoms with Crippen LogP contribution < -0.4 is 10.2 Å². The third kappa shape index (κ3) is 6.15. The number of carbonyl (C=O) groups is 1. The molecule has 2 aromatic heterocycles. The van der Waals surface area contributed by atoms with Gasteiger partial charge in [-0.05, 0) is 48.3 Å². The van der Waals surface area contributed by atoms with E-state index in [1.54, 1.807) is 28.5 Å². The van der Waals surface area contributed by atoms with E-state index in [0.29, 0.717) is 25.1 Å². The summed E-state index contributed by atoms with van der Waals surface area (Å²) in [5, 5.41) is 2.69. The predicted molar refractivity (Wildman–Crippen MR) is 153 cm³/mol. The number of ether oxygens (including phenoxy) is 1. The Bertz CT molecular complexity index is 1440. The maximum atomic E-state index is 13.2. The van der Waals surface area contributed by atoms with Crippen LogP contribution in [0.4, 0.5) is 0 Å². The summed E-state index contributed by atoms with van der Waals surface area (Å²) in [7, 11) is 4.01. The largest absolute Gasteiger partial charge is 0.492 e. The van der Waals surface area contributed by atoms with Crippen molar-refractivity contribution in [2.45, 2.75) is 13.1 Å². The Morgan fingerprint density at radius 1 is 1.00 bits per heavy atom. The number of hydrogen-bond acceptors (Lipinski definition) is 6. The molecule has 198 valence electrons. The standard InChI is InChI=1S/C30H34N4O3S/c1-31(21-25-9-6-18-38-25)20-23-7-5-8-24(19-23)37-17-16-33-12-14-34(15-13-33)30(36)27-22-32(2)28-11-4-3-10-26(28)29(27)35/h3-11,18-19,22H,12-17,20-21H2,1-2H3. The Morgan fingerprint density at radius 2 is 1.82 bits per heavy atom. The predicted octanol–water partition coefficient (Wildman–Crippen LogP) is 4.07. The van der Waals surface area contributed by atoms with Gasteiger partial charge in [0.2, 0.25) is 5.43 Å². The van der Waals surface area contributed by atoms with E-state index in [4.69, 9.17) is 4.74 Å². The number of rotatable bonds is 9. The van der Waals surface area contributed by atoms with Crippen molar-refractivity contribution in [3.63, 3.8) is 0 Å². The molecule has 0 saturated carbocycles. The first kappa shape index (κ1) is 26.2. The van der Waals surface area contributed by atoms with E-state index in [2.05, 4.69) is 46.5 Å². The first-order valence-electron chi connectivity index (χ1n) is 13.0. The molecule has 38 heavy (non-hydrogen) atoms. The van der Waals surface area contributed by atoms with Gasteiger partial charge >= 0.3 is 0 Å². The molecule has 0 bridgehead atoms. The number of aryl methyl sites for hydroxylation is 1. The minimum Gasteiger partial charge on any atom is -0.492 e. The van der Waals surface area contributed by atoms with E-state index >= 15 is 0 Å². The van der Waals surface area contributed by atoms with Gasteiger partial charge in [-0.15, -0.1) is 11.3 Å². The average molecular weight is 531 g/mol. The summed E-state index contributed by atoms with van der Waals surface area (Å²) in [5.74, 6) is 0.695. The third-order valence-electron chi connectivity index (χ3n) is 7.02. The van der Waals surface area contributed by atoms with Crippen molar-refractivity contribution in [1.29, 1.82) is 0 Å². The number of thiophene rings is 1. The Balaban J connectivity index is 1.09. The van der Waals surface area contributed by atoms with Crippen molar-refractivity contribution in [3.8, 4) is 5.75 Å². The molecule has 7 nitrogen and oxygen atoms in total. The second-order valence-electron chi connectivity index (χ2n) is 9.88. The topological polar surface area (TPSA) is 58.0 Å². The van der Waals surface area contributed by atoms with Gasteiger partial charge in [0.15, 0.2) is 0 Å². The van der Waals surface area contributed by atoms with Gasteiger partial charge in [0.25, 0.3) is 5.91 Å². The molecule has 1 saturated heterocycles. The van der Waals surface area contributed by atoms with Crippen LogP contribution >= 0.6 is 11.3 Å². The molecule has 4 aromatic rings. The molecular formula is C30H34N4O3S. The fourth-order valence-corrected chi connectivity index (χ4v) is 5.78. The molecule has 1 aliphatic heterocycles. The van der Waals surface area contributed by atoms with Crippen molar-refractivity contribution < 1.29 is 9.53 Å². The zero-order valence-corrected chi connectivity index (χ0v) is 22.8. The number of pyridine rings is 1. The zero-order chi connectivity index (χ0) is 26.5. The molecule has 1 amide bonds. The van der Waals surface area contributed by atoms with Crippen molar-refractivity contribution in [3.05, 3.63) is 98.5 Å². The van der Waals surface area contributed by atoms with Gasteiger partial charge in [-0.2, -0.15) is 0 Å². The first-order chi connectivity index (χ1) is 18.5. The molecule has 3 heterocycles. The van der Waals surface area contributed by atoms with Crippen molar-refractivity contribution in [2.75, 3.05) is 46.4 Å². The number of nitrogens with zero attached hydrogens (tertiary/aromatic N) is 4. The van der Waals surface area contributed by atoms with Crippen LogP contribution in [0.3, 0.4) is 0 Å². The van der Waals surface area contributed by atoms with Crippen LogP contribution in [0.5, 0.6) is 5.75 Å². The Labute approximate surface area is 227 Å². The van der Waals surface area contributed by atoms with Crippen molar-refractivity contribution in [2.24, 2.45) is 7.05 Å². The van der Waals surface area contributed by atoms with E-state index in [-0.39, 0.29) is 16.9 Å². The van der Waals surface area contributed by atoms with Gasteiger partial charge in [-0.3, -0.25) is 19.4 Å². The highest BCUT2D eigenvalue weighted by Gasteiger charge is 2.24. The lowest BCUT2D eigenvalue weighted by molar-refractivity contribution is 0.0618. The third-order valence-corrected chi connectivity index (χ3v) is 7.88. The summed E-state index contributed by atoms with van der Waals surface area (Å²) >= 11 is 1.78. The van der Waals surface area contributed by atoms with Crippen LogP contribution in [-0.4, -0.2) is 71.6 Å². The normalized spacial score (nSPS) is 14.3. The highest BCUT2D eigenvalue weighted by molar-refractivity contribution is 7.09. The van der Waals surface area contributed by atoms with Gasteiger partial charge in [0, 0.05) is 69.3 Å². The summed E-state index contributed by atoms with van der Waals surface area (Å²) in [6.07, 6.45) is 1.67. The van der Waals surface area contributed by atoms with E-state index in [0.717, 1.165) is 44.0 Å². The zero-order valence-electron chi connectivity index (χ0n) is 22.0. The summed E-state index contributed by atoms with van der Waals surface area (Å²) in [6, 6.07) is 20.0. The van der Waals surface area contributed by atoms with Crippen LogP contribution in [0, 0.1) is 0 Å². The van der Waals surface area contributed by atoms with Crippen molar-refractivity contribution >= 4 is 28.1 Å². The average Bonchev–Trinajstić information content (AvgIpc) is 3.44. The SMILES string of the molecule is CN(Cc1cccc(OCCN2CCN(C(=O)c3cn(C)c4ccccc4c3=O)CC2)c1)Cc1cccs1.